The molecule has 0 saturated heterocycles. The fourth-order valence-electron chi connectivity index (χ4n) is 2.35. The van der Waals surface area contributed by atoms with Crippen LogP contribution in [0, 0.1) is 0 Å². The van der Waals surface area contributed by atoms with Gasteiger partial charge in [0, 0.05) is 20.8 Å². The number of halogens is 3. The number of hydrogen-bond donors (Lipinski definition) is 2. The van der Waals surface area contributed by atoms with Gasteiger partial charge in [0.05, 0.1) is 6.04 Å². The van der Waals surface area contributed by atoms with Crippen LogP contribution in [0.3, 0.4) is 0 Å². The molecule has 2 aromatic heterocycles. The van der Waals surface area contributed by atoms with E-state index in [1.807, 2.05) is 6.07 Å². The van der Waals surface area contributed by atoms with Crippen LogP contribution in [0.15, 0.2) is 12.3 Å². The third-order valence-electron chi connectivity index (χ3n) is 3.27. The van der Waals surface area contributed by atoms with Crippen molar-refractivity contribution in [2.24, 2.45) is 5.84 Å². The van der Waals surface area contributed by atoms with Gasteiger partial charge in [-0.15, -0.1) is 22.7 Å². The number of fused-ring (bicyclic) bond motifs is 1. The molecule has 8 heteroatoms. The summed E-state index contributed by atoms with van der Waals surface area (Å²) in [6.07, 6.45) is 0.0937. The van der Waals surface area contributed by atoms with Gasteiger partial charge in [-0.3, -0.25) is 5.84 Å². The normalized spacial score (nSPS) is 16.4. The van der Waals surface area contributed by atoms with E-state index in [9.17, 15) is 13.2 Å². The fourth-order valence-corrected chi connectivity index (χ4v) is 4.62. The first-order valence-corrected chi connectivity index (χ1v) is 7.73. The SMILES string of the molecule is NNC(c1cnc(C(F)(F)F)s1)c1cc2c(s1)CCC2. The molecule has 0 aromatic carbocycles. The molecule has 1 aliphatic carbocycles. The van der Waals surface area contributed by atoms with E-state index in [4.69, 9.17) is 5.84 Å². The van der Waals surface area contributed by atoms with Gasteiger partial charge in [0.15, 0.2) is 5.01 Å². The number of nitrogens with one attached hydrogen (secondary N) is 1. The summed E-state index contributed by atoms with van der Waals surface area (Å²) in [7, 11) is 0. The van der Waals surface area contributed by atoms with E-state index >= 15 is 0 Å². The molecule has 3 N–H and O–H groups in total. The summed E-state index contributed by atoms with van der Waals surface area (Å²) in [4.78, 5) is 6.21. The summed E-state index contributed by atoms with van der Waals surface area (Å²) in [5, 5.41) is -0.836. The Bertz CT molecular complexity index is 596. The minimum atomic E-state index is -4.40. The highest BCUT2D eigenvalue weighted by molar-refractivity contribution is 7.13. The quantitative estimate of drug-likeness (QED) is 0.674. The molecular weight excluding hydrogens is 307 g/mol. The lowest BCUT2D eigenvalue weighted by Crippen LogP contribution is -2.27. The monoisotopic (exact) mass is 319 g/mol. The van der Waals surface area contributed by atoms with Crippen molar-refractivity contribution in [2.45, 2.75) is 31.5 Å². The number of aryl methyl sites for hydroxylation is 2. The number of thiophene rings is 1. The van der Waals surface area contributed by atoms with E-state index in [2.05, 4.69) is 10.4 Å². The number of aromatic nitrogens is 1. The van der Waals surface area contributed by atoms with E-state index < -0.39 is 17.2 Å². The topological polar surface area (TPSA) is 50.9 Å². The van der Waals surface area contributed by atoms with Crippen molar-refractivity contribution in [3.05, 3.63) is 37.5 Å². The Morgan fingerprint density at radius 1 is 1.25 bits per heavy atom. The van der Waals surface area contributed by atoms with Gasteiger partial charge < -0.3 is 0 Å². The largest absolute Gasteiger partial charge is 0.443 e. The van der Waals surface area contributed by atoms with Crippen LogP contribution in [0.5, 0.6) is 0 Å². The molecule has 2 aromatic rings. The fraction of sp³-hybridized carbons (Fsp3) is 0.417. The van der Waals surface area contributed by atoms with Crippen LogP contribution >= 0.6 is 22.7 Å². The molecule has 0 aliphatic heterocycles. The minimum Gasteiger partial charge on any atom is -0.271 e. The predicted molar refractivity (Wildman–Crippen MR) is 72.6 cm³/mol. The second kappa shape index (κ2) is 5.10. The summed E-state index contributed by atoms with van der Waals surface area (Å²) in [6.45, 7) is 0. The number of nitrogens with two attached hydrogens (primary N) is 1. The predicted octanol–water partition coefficient (Wildman–Crippen LogP) is 3.26. The standard InChI is InChI=1S/C12H12F3N3S2/c13-12(14,15)11-17-5-9(20-11)10(18-16)8-4-6-2-1-3-7(6)19-8/h4-5,10,18H,1-3,16H2. The molecule has 1 aliphatic rings. The van der Waals surface area contributed by atoms with Crippen LogP contribution in [0.4, 0.5) is 13.2 Å². The average Bonchev–Trinajstić information content (AvgIpc) is 3.01. The molecule has 3 nitrogen and oxygen atoms in total. The van der Waals surface area contributed by atoms with Gasteiger partial charge in [0.2, 0.25) is 0 Å². The van der Waals surface area contributed by atoms with Crippen molar-refractivity contribution >= 4 is 22.7 Å². The summed E-state index contributed by atoms with van der Waals surface area (Å²) >= 11 is 2.26. The second-order valence-corrected chi connectivity index (χ2v) is 6.85. The van der Waals surface area contributed by atoms with Gasteiger partial charge in [-0.25, -0.2) is 10.4 Å². The van der Waals surface area contributed by atoms with Crippen molar-refractivity contribution in [1.29, 1.82) is 0 Å². The first-order chi connectivity index (χ1) is 9.49. The summed E-state index contributed by atoms with van der Waals surface area (Å²) in [5.41, 5.74) is 3.90. The first-order valence-electron chi connectivity index (χ1n) is 6.09. The highest BCUT2D eigenvalue weighted by atomic mass is 32.1. The molecule has 20 heavy (non-hydrogen) atoms. The molecule has 0 fully saturated rings. The van der Waals surface area contributed by atoms with Crippen LogP contribution in [0.1, 0.15) is 37.7 Å². The maximum atomic E-state index is 12.6. The maximum absolute atomic E-state index is 12.6. The second-order valence-electron chi connectivity index (χ2n) is 4.62. The van der Waals surface area contributed by atoms with Crippen LogP contribution in [-0.4, -0.2) is 4.98 Å². The molecule has 0 amide bonds. The first kappa shape index (κ1) is 14.0. The van der Waals surface area contributed by atoms with Crippen molar-refractivity contribution in [3.63, 3.8) is 0 Å². The Labute approximate surface area is 121 Å². The Balaban J connectivity index is 1.91. The highest BCUT2D eigenvalue weighted by Crippen LogP contribution is 2.39. The summed E-state index contributed by atoms with van der Waals surface area (Å²) < 4.78 is 37.8. The van der Waals surface area contributed by atoms with Gasteiger partial charge in [-0.2, -0.15) is 13.2 Å². The molecule has 0 radical (unpaired) electrons. The van der Waals surface area contributed by atoms with E-state index in [0.717, 1.165) is 24.1 Å². The lowest BCUT2D eigenvalue weighted by Gasteiger charge is -2.11. The number of hydrogen-bond acceptors (Lipinski definition) is 5. The van der Waals surface area contributed by atoms with Gasteiger partial charge in [-0.05, 0) is 30.9 Å². The average molecular weight is 319 g/mol. The van der Waals surface area contributed by atoms with Gasteiger partial charge in [-0.1, -0.05) is 0 Å². The molecule has 0 saturated carbocycles. The van der Waals surface area contributed by atoms with Gasteiger partial charge >= 0.3 is 6.18 Å². The number of rotatable bonds is 3. The number of alkyl halides is 3. The maximum Gasteiger partial charge on any atom is 0.443 e. The highest BCUT2D eigenvalue weighted by Gasteiger charge is 2.35. The third kappa shape index (κ3) is 2.48. The lowest BCUT2D eigenvalue weighted by molar-refractivity contribution is -0.137. The zero-order chi connectivity index (χ0) is 14.3. The van der Waals surface area contributed by atoms with Crippen LogP contribution in [-0.2, 0) is 19.0 Å². The summed E-state index contributed by atoms with van der Waals surface area (Å²) in [5.74, 6) is 5.53. The van der Waals surface area contributed by atoms with E-state index in [-0.39, 0.29) is 0 Å². The van der Waals surface area contributed by atoms with Crippen LogP contribution in [0.2, 0.25) is 0 Å². The Morgan fingerprint density at radius 2 is 2.05 bits per heavy atom. The molecule has 108 valence electrons. The molecule has 1 atom stereocenters. The molecule has 2 heterocycles. The molecular formula is C12H12F3N3S2. The zero-order valence-corrected chi connectivity index (χ0v) is 12.0. The third-order valence-corrected chi connectivity index (χ3v) is 5.68. The van der Waals surface area contributed by atoms with Crippen molar-refractivity contribution in [3.8, 4) is 0 Å². The zero-order valence-electron chi connectivity index (χ0n) is 10.3. The molecule has 0 spiro atoms. The smallest absolute Gasteiger partial charge is 0.271 e. The Morgan fingerprint density at radius 3 is 2.65 bits per heavy atom. The Kier molecular flexibility index (Phi) is 3.57. The summed E-state index contributed by atoms with van der Waals surface area (Å²) in [6, 6.07) is 1.63. The number of nitrogens with zero attached hydrogens (tertiary/aromatic N) is 1. The number of hydrazine groups is 1. The van der Waals surface area contributed by atoms with E-state index in [1.165, 1.54) is 16.6 Å². The Hall–Kier alpha value is -0.960. The lowest BCUT2D eigenvalue weighted by atomic mass is 10.2. The van der Waals surface area contributed by atoms with Crippen molar-refractivity contribution in [2.75, 3.05) is 0 Å². The molecule has 1 unspecified atom stereocenters. The van der Waals surface area contributed by atoms with E-state index in [1.54, 1.807) is 11.3 Å². The van der Waals surface area contributed by atoms with Crippen molar-refractivity contribution in [1.82, 2.24) is 10.4 Å². The van der Waals surface area contributed by atoms with Gasteiger partial charge in [0.25, 0.3) is 0 Å². The van der Waals surface area contributed by atoms with Crippen LogP contribution < -0.4 is 11.3 Å². The molecule has 0 bridgehead atoms. The number of thiazole rings is 1. The van der Waals surface area contributed by atoms with Gasteiger partial charge in [0.1, 0.15) is 0 Å². The van der Waals surface area contributed by atoms with E-state index in [0.29, 0.717) is 16.2 Å². The minimum absolute atomic E-state index is 0.417. The van der Waals surface area contributed by atoms with Crippen LogP contribution in [0.25, 0.3) is 0 Å². The molecule has 3 rings (SSSR count). The van der Waals surface area contributed by atoms with Crippen molar-refractivity contribution < 1.29 is 13.2 Å².